The van der Waals surface area contributed by atoms with Crippen molar-refractivity contribution in [2.45, 2.75) is 51.3 Å². The molecule has 8 heteroatoms. The SMILES string of the molecule is CCCCN(CCCC)c1cc(C(=O)O)cc(S(=O)(=O)N(C)C)c1Oc1ccc(C)cc1. The van der Waals surface area contributed by atoms with E-state index in [1.165, 1.54) is 26.2 Å². The zero-order valence-corrected chi connectivity index (χ0v) is 20.4. The normalized spacial score (nSPS) is 11.6. The minimum absolute atomic E-state index is 0.0883. The molecule has 1 N–H and O–H groups in total. The van der Waals surface area contributed by atoms with Crippen molar-refractivity contribution in [3.63, 3.8) is 0 Å². The topological polar surface area (TPSA) is 87.2 Å². The van der Waals surface area contributed by atoms with E-state index in [1.54, 1.807) is 12.1 Å². The molecule has 2 rings (SSSR count). The maximum absolute atomic E-state index is 13.2. The zero-order chi connectivity index (χ0) is 23.9. The predicted octanol–water partition coefficient (Wildman–Crippen LogP) is 5.14. The Bertz CT molecular complexity index is 1010. The third-order valence-electron chi connectivity index (χ3n) is 5.19. The van der Waals surface area contributed by atoms with Gasteiger partial charge >= 0.3 is 5.97 Å². The van der Waals surface area contributed by atoms with E-state index in [2.05, 4.69) is 13.8 Å². The van der Waals surface area contributed by atoms with Crippen LogP contribution in [0.15, 0.2) is 41.3 Å². The number of unbranched alkanes of at least 4 members (excludes halogenated alkanes) is 2. The minimum atomic E-state index is -3.97. The Morgan fingerprint density at radius 3 is 2.03 bits per heavy atom. The van der Waals surface area contributed by atoms with Crippen molar-refractivity contribution in [3.8, 4) is 11.5 Å². The molecule has 7 nitrogen and oxygen atoms in total. The van der Waals surface area contributed by atoms with Gasteiger partial charge in [-0.1, -0.05) is 44.4 Å². The van der Waals surface area contributed by atoms with Crippen LogP contribution in [0.25, 0.3) is 0 Å². The number of carbonyl (C=O) groups is 1. The number of carboxylic acid groups (broad SMARTS) is 1. The number of aryl methyl sites for hydroxylation is 1. The number of nitrogens with zero attached hydrogens (tertiary/aromatic N) is 2. The first-order valence-electron chi connectivity index (χ1n) is 10.9. The number of sulfonamides is 1. The Morgan fingerprint density at radius 2 is 1.56 bits per heavy atom. The van der Waals surface area contributed by atoms with E-state index < -0.39 is 16.0 Å². The van der Waals surface area contributed by atoms with Crippen molar-refractivity contribution in [2.75, 3.05) is 32.1 Å². The molecule has 0 aliphatic carbocycles. The minimum Gasteiger partial charge on any atom is -0.478 e. The molecule has 2 aromatic carbocycles. The second-order valence-electron chi connectivity index (χ2n) is 8.02. The number of benzene rings is 2. The lowest BCUT2D eigenvalue weighted by molar-refractivity contribution is 0.0696. The van der Waals surface area contributed by atoms with Crippen LogP contribution in [-0.2, 0) is 10.0 Å². The van der Waals surface area contributed by atoms with Gasteiger partial charge in [0.2, 0.25) is 10.0 Å². The van der Waals surface area contributed by atoms with Gasteiger partial charge in [0, 0.05) is 27.2 Å². The van der Waals surface area contributed by atoms with Crippen LogP contribution in [0.3, 0.4) is 0 Å². The molecule has 0 aromatic heterocycles. The van der Waals surface area contributed by atoms with Crippen LogP contribution >= 0.6 is 0 Å². The standard InChI is InChI=1S/C24H34N2O5S/c1-6-8-14-26(15-9-7-2)21-16-19(24(27)28)17-22(32(29,30)25(4)5)23(21)31-20-12-10-18(3)11-13-20/h10-13,16-17H,6-9,14-15H2,1-5H3,(H,27,28). The summed E-state index contributed by atoms with van der Waals surface area (Å²) >= 11 is 0. The summed E-state index contributed by atoms with van der Waals surface area (Å²) in [6.45, 7) is 7.46. The molecule has 0 spiro atoms. The Labute approximate surface area is 191 Å². The highest BCUT2D eigenvalue weighted by atomic mass is 32.2. The monoisotopic (exact) mass is 462 g/mol. The van der Waals surface area contributed by atoms with Crippen molar-refractivity contribution in [1.29, 1.82) is 0 Å². The number of anilines is 1. The molecule has 0 unspecified atom stereocenters. The molecule has 0 radical (unpaired) electrons. The summed E-state index contributed by atoms with van der Waals surface area (Å²) in [6.07, 6.45) is 3.69. The number of hydrogen-bond acceptors (Lipinski definition) is 5. The lowest BCUT2D eigenvalue weighted by Crippen LogP contribution is -2.28. The van der Waals surface area contributed by atoms with Crippen LogP contribution in [0.4, 0.5) is 5.69 Å². The van der Waals surface area contributed by atoms with Gasteiger partial charge in [-0.2, -0.15) is 0 Å². The molecule has 0 saturated heterocycles. The van der Waals surface area contributed by atoms with Crippen molar-refractivity contribution in [2.24, 2.45) is 0 Å². The fourth-order valence-electron chi connectivity index (χ4n) is 3.21. The smallest absolute Gasteiger partial charge is 0.335 e. The molecule has 0 heterocycles. The molecular formula is C24H34N2O5S. The fourth-order valence-corrected chi connectivity index (χ4v) is 4.26. The molecule has 32 heavy (non-hydrogen) atoms. The zero-order valence-electron chi connectivity index (χ0n) is 19.6. The maximum atomic E-state index is 13.2. The van der Waals surface area contributed by atoms with Crippen LogP contribution in [0.5, 0.6) is 11.5 Å². The summed E-state index contributed by atoms with van der Waals surface area (Å²) in [4.78, 5) is 13.8. The summed E-state index contributed by atoms with van der Waals surface area (Å²) in [5.74, 6) is -0.546. The molecule has 0 atom stereocenters. The van der Waals surface area contributed by atoms with Crippen LogP contribution < -0.4 is 9.64 Å². The maximum Gasteiger partial charge on any atom is 0.335 e. The average Bonchev–Trinajstić information content (AvgIpc) is 2.75. The van der Waals surface area contributed by atoms with Crippen LogP contribution in [0, 0.1) is 6.92 Å². The molecular weight excluding hydrogens is 428 g/mol. The van der Waals surface area contributed by atoms with E-state index in [0.29, 0.717) is 24.5 Å². The summed E-state index contributed by atoms with van der Waals surface area (Å²) in [7, 11) is -1.13. The largest absolute Gasteiger partial charge is 0.478 e. The van der Waals surface area contributed by atoms with Gasteiger partial charge in [-0.3, -0.25) is 0 Å². The van der Waals surface area contributed by atoms with Gasteiger partial charge in [0.1, 0.15) is 10.6 Å². The Morgan fingerprint density at radius 1 is 1.00 bits per heavy atom. The van der Waals surface area contributed by atoms with Gasteiger partial charge in [-0.05, 0) is 44.0 Å². The summed E-state index contributed by atoms with van der Waals surface area (Å²) < 4.78 is 33.7. The van der Waals surface area contributed by atoms with Gasteiger partial charge in [-0.15, -0.1) is 0 Å². The summed E-state index contributed by atoms with van der Waals surface area (Å²) in [6, 6.07) is 10.0. The molecule has 0 aliphatic heterocycles. The van der Waals surface area contributed by atoms with Gasteiger partial charge < -0.3 is 14.7 Å². The Balaban J connectivity index is 2.80. The van der Waals surface area contributed by atoms with Gasteiger partial charge in [0.05, 0.1) is 11.3 Å². The first-order chi connectivity index (χ1) is 15.1. The van der Waals surface area contributed by atoms with Gasteiger partial charge in [0.25, 0.3) is 0 Å². The fraction of sp³-hybridized carbons (Fsp3) is 0.458. The van der Waals surface area contributed by atoms with Crippen molar-refractivity contribution >= 4 is 21.7 Å². The van der Waals surface area contributed by atoms with Crippen molar-refractivity contribution in [1.82, 2.24) is 4.31 Å². The quantitative estimate of drug-likeness (QED) is 0.470. The second-order valence-corrected chi connectivity index (χ2v) is 10.1. The van der Waals surface area contributed by atoms with E-state index >= 15 is 0 Å². The predicted molar refractivity (Wildman–Crippen MR) is 128 cm³/mol. The number of rotatable bonds is 12. The molecule has 0 amide bonds. The van der Waals surface area contributed by atoms with E-state index in [9.17, 15) is 18.3 Å². The van der Waals surface area contributed by atoms with E-state index in [1.807, 2.05) is 24.0 Å². The number of ether oxygens (including phenoxy) is 1. The molecule has 0 saturated carbocycles. The molecule has 0 bridgehead atoms. The molecule has 176 valence electrons. The van der Waals surface area contributed by atoms with E-state index in [-0.39, 0.29) is 16.2 Å². The third kappa shape index (κ3) is 6.23. The van der Waals surface area contributed by atoms with Crippen LogP contribution in [0.2, 0.25) is 0 Å². The first-order valence-corrected chi connectivity index (χ1v) is 12.4. The summed E-state index contributed by atoms with van der Waals surface area (Å²) in [5, 5.41) is 9.72. The second kappa shape index (κ2) is 11.3. The number of carboxylic acids is 1. The molecule has 0 aliphatic rings. The van der Waals surface area contributed by atoms with E-state index in [4.69, 9.17) is 4.74 Å². The highest BCUT2D eigenvalue weighted by Crippen LogP contribution is 2.41. The first kappa shape index (κ1) is 25.7. The van der Waals surface area contributed by atoms with Gasteiger partial charge in [-0.25, -0.2) is 17.5 Å². The van der Waals surface area contributed by atoms with Crippen molar-refractivity contribution < 1.29 is 23.1 Å². The molecule has 0 fully saturated rings. The third-order valence-corrected chi connectivity index (χ3v) is 7.01. The van der Waals surface area contributed by atoms with Crippen molar-refractivity contribution in [3.05, 3.63) is 47.5 Å². The van der Waals surface area contributed by atoms with Crippen LogP contribution in [0.1, 0.15) is 55.5 Å². The Hall–Kier alpha value is -2.58. The lowest BCUT2D eigenvalue weighted by atomic mass is 10.1. The number of aromatic carboxylic acids is 1. The molecule has 2 aromatic rings. The van der Waals surface area contributed by atoms with Gasteiger partial charge in [0.15, 0.2) is 5.75 Å². The Kier molecular flexibility index (Phi) is 9.09. The highest BCUT2D eigenvalue weighted by molar-refractivity contribution is 7.89. The highest BCUT2D eigenvalue weighted by Gasteiger charge is 2.29. The summed E-state index contributed by atoms with van der Waals surface area (Å²) in [5.41, 5.74) is 1.44. The number of hydrogen-bond donors (Lipinski definition) is 1. The lowest BCUT2D eigenvalue weighted by Gasteiger charge is -2.29. The van der Waals surface area contributed by atoms with Crippen LogP contribution in [-0.4, -0.2) is 51.0 Å². The average molecular weight is 463 g/mol. The van der Waals surface area contributed by atoms with E-state index in [0.717, 1.165) is 35.6 Å².